The minimum Gasteiger partial charge on any atom is -0.335 e. The third-order valence-corrected chi connectivity index (χ3v) is 3.99. The first-order valence-electron chi connectivity index (χ1n) is 7.12. The molecule has 1 heterocycles. The van der Waals surface area contributed by atoms with Crippen molar-refractivity contribution in [3.8, 4) is 0 Å². The van der Waals surface area contributed by atoms with Gasteiger partial charge in [-0.05, 0) is 31.0 Å². The van der Waals surface area contributed by atoms with Crippen LogP contribution in [0.1, 0.15) is 34.6 Å². The van der Waals surface area contributed by atoms with Crippen LogP contribution in [0.3, 0.4) is 0 Å². The zero-order valence-electron chi connectivity index (χ0n) is 12.3. The highest BCUT2D eigenvalue weighted by molar-refractivity contribution is 7.15. The number of alkyl halides is 2. The van der Waals surface area contributed by atoms with Crippen LogP contribution in [0.5, 0.6) is 0 Å². The van der Waals surface area contributed by atoms with Gasteiger partial charge in [0.25, 0.3) is 12.3 Å². The Morgan fingerprint density at radius 1 is 1.21 bits per heavy atom. The number of nitrogens with one attached hydrogen (secondary N) is 3. The molecule has 0 saturated heterocycles. The van der Waals surface area contributed by atoms with Gasteiger partial charge < -0.3 is 10.6 Å². The Morgan fingerprint density at radius 3 is 2.67 bits per heavy atom. The predicted octanol–water partition coefficient (Wildman–Crippen LogP) is 3.01. The first kappa shape index (κ1) is 16.2. The van der Waals surface area contributed by atoms with Gasteiger partial charge in [0.15, 0.2) is 5.01 Å². The number of rotatable bonds is 5. The summed E-state index contributed by atoms with van der Waals surface area (Å²) < 4.78 is 24.9. The summed E-state index contributed by atoms with van der Waals surface area (Å²) in [6.07, 6.45) is -0.790. The third-order valence-electron chi connectivity index (χ3n) is 3.14. The van der Waals surface area contributed by atoms with E-state index in [-0.39, 0.29) is 22.8 Å². The fourth-order valence-corrected chi connectivity index (χ4v) is 2.46. The molecule has 1 fully saturated rings. The Kier molecular flexibility index (Phi) is 4.65. The van der Waals surface area contributed by atoms with Crippen LogP contribution in [0.4, 0.5) is 24.4 Å². The van der Waals surface area contributed by atoms with Crippen LogP contribution in [0.15, 0.2) is 24.3 Å². The molecule has 2 aromatic rings. The van der Waals surface area contributed by atoms with Crippen LogP contribution in [0, 0.1) is 0 Å². The van der Waals surface area contributed by atoms with Crippen molar-refractivity contribution in [3.63, 3.8) is 0 Å². The summed E-state index contributed by atoms with van der Waals surface area (Å²) in [6.45, 7) is 0. The zero-order chi connectivity index (χ0) is 17.1. The number of urea groups is 1. The van der Waals surface area contributed by atoms with Crippen molar-refractivity contribution in [2.75, 3.05) is 10.6 Å². The van der Waals surface area contributed by atoms with E-state index in [9.17, 15) is 18.4 Å². The molecule has 0 bridgehead atoms. The van der Waals surface area contributed by atoms with Crippen LogP contribution in [0.25, 0.3) is 0 Å². The molecule has 0 unspecified atom stereocenters. The molecule has 3 N–H and O–H groups in total. The third kappa shape index (κ3) is 4.22. The van der Waals surface area contributed by atoms with Gasteiger partial charge in [-0.2, -0.15) is 0 Å². The van der Waals surface area contributed by atoms with E-state index in [1.54, 1.807) is 12.1 Å². The highest BCUT2D eigenvalue weighted by atomic mass is 32.1. The number of hydrogen-bond donors (Lipinski definition) is 3. The summed E-state index contributed by atoms with van der Waals surface area (Å²) in [4.78, 5) is 23.8. The fourth-order valence-electron chi connectivity index (χ4n) is 1.86. The zero-order valence-corrected chi connectivity index (χ0v) is 13.1. The number of carbonyl (C=O) groups excluding carboxylic acids is 2. The fraction of sp³-hybridized carbons (Fsp3) is 0.286. The van der Waals surface area contributed by atoms with Gasteiger partial charge in [0.1, 0.15) is 0 Å². The molecule has 1 aromatic carbocycles. The van der Waals surface area contributed by atoms with Crippen molar-refractivity contribution in [3.05, 3.63) is 34.8 Å². The van der Waals surface area contributed by atoms with Crippen LogP contribution < -0.4 is 16.0 Å². The lowest BCUT2D eigenvalue weighted by atomic mass is 10.2. The maximum absolute atomic E-state index is 12.5. The molecule has 1 aromatic heterocycles. The van der Waals surface area contributed by atoms with Crippen LogP contribution in [0.2, 0.25) is 0 Å². The highest BCUT2D eigenvalue weighted by Crippen LogP contribution is 2.25. The Hall–Kier alpha value is -2.62. The van der Waals surface area contributed by atoms with Gasteiger partial charge in [0, 0.05) is 17.3 Å². The van der Waals surface area contributed by atoms with Gasteiger partial charge in [-0.25, -0.2) is 13.6 Å². The van der Waals surface area contributed by atoms with Crippen LogP contribution >= 0.6 is 11.3 Å². The monoisotopic (exact) mass is 353 g/mol. The van der Waals surface area contributed by atoms with Gasteiger partial charge in [-0.1, -0.05) is 17.4 Å². The first-order chi connectivity index (χ1) is 11.5. The maximum Gasteiger partial charge on any atom is 0.319 e. The van der Waals surface area contributed by atoms with Crippen molar-refractivity contribution >= 4 is 34.1 Å². The summed E-state index contributed by atoms with van der Waals surface area (Å²) in [5.41, 5.74) is 0.708. The Bertz CT molecular complexity index is 763. The van der Waals surface area contributed by atoms with E-state index in [4.69, 9.17) is 0 Å². The van der Waals surface area contributed by atoms with E-state index in [2.05, 4.69) is 26.1 Å². The first-order valence-corrected chi connectivity index (χ1v) is 7.93. The number of benzene rings is 1. The van der Waals surface area contributed by atoms with Gasteiger partial charge >= 0.3 is 6.03 Å². The average Bonchev–Trinajstić information content (AvgIpc) is 3.22. The van der Waals surface area contributed by atoms with Gasteiger partial charge in [0.2, 0.25) is 5.13 Å². The van der Waals surface area contributed by atoms with E-state index >= 15 is 0 Å². The molecule has 0 aliphatic heterocycles. The topological polar surface area (TPSA) is 96.0 Å². The Labute approximate surface area is 139 Å². The summed E-state index contributed by atoms with van der Waals surface area (Å²) in [5.74, 6) is -0.529. The summed E-state index contributed by atoms with van der Waals surface area (Å²) in [7, 11) is 0. The molecule has 7 nitrogen and oxygen atoms in total. The number of aromatic nitrogens is 2. The van der Waals surface area contributed by atoms with Crippen molar-refractivity contribution < 1.29 is 18.4 Å². The minimum absolute atomic E-state index is 0.0138. The molecular weight excluding hydrogens is 340 g/mol. The summed E-state index contributed by atoms with van der Waals surface area (Å²) >= 11 is 0.609. The SMILES string of the molecule is O=C(Nc1cccc(C(=O)Nc2nnc(C(F)F)s2)c1)NC1CC1. The van der Waals surface area contributed by atoms with Crippen molar-refractivity contribution in [2.45, 2.75) is 25.3 Å². The van der Waals surface area contributed by atoms with Crippen LogP contribution in [-0.4, -0.2) is 28.2 Å². The van der Waals surface area contributed by atoms with Gasteiger partial charge in [0.05, 0.1) is 0 Å². The van der Waals surface area contributed by atoms with Crippen molar-refractivity contribution in [2.24, 2.45) is 0 Å². The highest BCUT2D eigenvalue weighted by Gasteiger charge is 2.23. The molecule has 24 heavy (non-hydrogen) atoms. The number of nitrogens with zero attached hydrogens (tertiary/aromatic N) is 2. The Morgan fingerprint density at radius 2 is 2.00 bits per heavy atom. The maximum atomic E-state index is 12.5. The largest absolute Gasteiger partial charge is 0.335 e. The minimum atomic E-state index is -2.73. The second-order valence-corrected chi connectivity index (χ2v) is 6.16. The number of hydrogen-bond acceptors (Lipinski definition) is 5. The van der Waals surface area contributed by atoms with E-state index in [1.165, 1.54) is 12.1 Å². The molecule has 10 heteroatoms. The van der Waals surface area contributed by atoms with E-state index in [0.29, 0.717) is 17.0 Å². The molecule has 3 amide bonds. The standard InChI is InChI=1S/C14H13F2N5O2S/c15-10(16)12-20-21-14(24-12)19-11(22)7-2-1-3-9(6-7)18-13(23)17-8-4-5-8/h1-3,6,8,10H,4-5H2,(H2,17,18,23)(H,19,21,22). The van der Waals surface area contributed by atoms with Gasteiger partial charge in [-0.15, -0.1) is 10.2 Å². The summed E-state index contributed by atoms with van der Waals surface area (Å²) in [5, 5.41) is 14.1. The normalized spacial score (nSPS) is 13.6. The van der Waals surface area contributed by atoms with Gasteiger partial charge in [-0.3, -0.25) is 10.1 Å². The lowest BCUT2D eigenvalue weighted by molar-refractivity contribution is 0.102. The number of carbonyl (C=O) groups is 2. The molecule has 126 valence electrons. The van der Waals surface area contributed by atoms with E-state index < -0.39 is 17.3 Å². The second kappa shape index (κ2) is 6.87. The molecule has 3 rings (SSSR count). The lowest BCUT2D eigenvalue weighted by Gasteiger charge is -2.08. The average molecular weight is 353 g/mol. The number of amides is 3. The van der Waals surface area contributed by atoms with E-state index in [0.717, 1.165) is 12.8 Å². The molecule has 1 saturated carbocycles. The second-order valence-electron chi connectivity index (χ2n) is 5.15. The van der Waals surface area contributed by atoms with Crippen molar-refractivity contribution in [1.29, 1.82) is 0 Å². The molecule has 0 atom stereocenters. The van der Waals surface area contributed by atoms with Crippen molar-refractivity contribution in [1.82, 2.24) is 15.5 Å². The van der Waals surface area contributed by atoms with Crippen LogP contribution in [-0.2, 0) is 0 Å². The number of halogens is 2. The summed E-state index contributed by atoms with van der Waals surface area (Å²) in [6, 6.07) is 6.15. The molecular formula is C14H13F2N5O2S. The lowest BCUT2D eigenvalue weighted by Crippen LogP contribution is -2.30. The molecule has 0 spiro atoms. The quantitative estimate of drug-likeness (QED) is 0.770. The molecule has 1 aliphatic carbocycles. The predicted molar refractivity (Wildman–Crippen MR) is 84.4 cm³/mol. The molecule has 0 radical (unpaired) electrons. The Balaban J connectivity index is 1.63. The van der Waals surface area contributed by atoms with E-state index in [1.807, 2.05) is 0 Å². The smallest absolute Gasteiger partial charge is 0.319 e. The number of anilines is 2. The molecule has 1 aliphatic rings.